The first-order valence-electron chi connectivity index (χ1n) is 5.42. The lowest BCUT2D eigenvalue weighted by molar-refractivity contribution is -0.387. The standard InChI is InChI=1S/C12H7ClFN3O3/c13-12-15-5-4-8(16-12)10(18)6-7-2-1-3-9(11(7)14)17(19)20/h1-5H,6H2. The number of aromatic nitrogens is 2. The second-order valence-electron chi connectivity index (χ2n) is 3.82. The van der Waals surface area contributed by atoms with Gasteiger partial charge in [0.05, 0.1) is 4.92 Å². The summed E-state index contributed by atoms with van der Waals surface area (Å²) in [6.07, 6.45) is 0.952. The Balaban J connectivity index is 2.29. The van der Waals surface area contributed by atoms with E-state index in [1.54, 1.807) is 0 Å². The molecule has 0 saturated carbocycles. The lowest BCUT2D eigenvalue weighted by Crippen LogP contribution is -2.08. The van der Waals surface area contributed by atoms with Crippen molar-refractivity contribution in [1.29, 1.82) is 0 Å². The zero-order valence-corrected chi connectivity index (χ0v) is 10.7. The average molecular weight is 296 g/mol. The summed E-state index contributed by atoms with van der Waals surface area (Å²) in [4.78, 5) is 29.0. The van der Waals surface area contributed by atoms with E-state index >= 15 is 0 Å². The van der Waals surface area contributed by atoms with Crippen molar-refractivity contribution in [2.75, 3.05) is 0 Å². The van der Waals surface area contributed by atoms with Crippen molar-refractivity contribution < 1.29 is 14.1 Å². The highest BCUT2D eigenvalue weighted by molar-refractivity contribution is 6.28. The predicted molar refractivity (Wildman–Crippen MR) is 68.1 cm³/mol. The van der Waals surface area contributed by atoms with Crippen LogP contribution in [0.3, 0.4) is 0 Å². The van der Waals surface area contributed by atoms with E-state index in [0.717, 1.165) is 6.07 Å². The fourth-order valence-corrected chi connectivity index (χ4v) is 1.74. The Bertz CT molecular complexity index is 693. The number of carbonyl (C=O) groups excluding carboxylic acids is 1. The van der Waals surface area contributed by atoms with Crippen molar-refractivity contribution in [3.8, 4) is 0 Å². The van der Waals surface area contributed by atoms with Gasteiger partial charge in [-0.15, -0.1) is 0 Å². The first-order valence-corrected chi connectivity index (χ1v) is 5.80. The Labute approximate surface area is 117 Å². The molecule has 0 aliphatic carbocycles. The monoisotopic (exact) mass is 295 g/mol. The van der Waals surface area contributed by atoms with Crippen molar-refractivity contribution >= 4 is 23.1 Å². The van der Waals surface area contributed by atoms with Crippen LogP contribution in [-0.2, 0) is 6.42 Å². The molecule has 1 heterocycles. The van der Waals surface area contributed by atoms with Crippen LogP contribution in [0.1, 0.15) is 16.1 Å². The number of halogens is 2. The van der Waals surface area contributed by atoms with Crippen LogP contribution in [0.25, 0.3) is 0 Å². The Morgan fingerprint density at radius 1 is 1.40 bits per heavy atom. The van der Waals surface area contributed by atoms with Crippen molar-refractivity contribution in [2.24, 2.45) is 0 Å². The molecule has 0 atom stereocenters. The number of Topliss-reactive ketones (excluding diaryl/α,β-unsaturated/α-hetero) is 1. The van der Waals surface area contributed by atoms with Gasteiger partial charge in [0.25, 0.3) is 0 Å². The minimum Gasteiger partial charge on any atom is -0.292 e. The van der Waals surface area contributed by atoms with Crippen LogP contribution in [-0.4, -0.2) is 20.7 Å². The topological polar surface area (TPSA) is 86.0 Å². The molecule has 2 rings (SSSR count). The van der Waals surface area contributed by atoms with Gasteiger partial charge >= 0.3 is 5.69 Å². The Hall–Kier alpha value is -2.41. The van der Waals surface area contributed by atoms with Crippen molar-refractivity contribution in [3.05, 3.63) is 62.9 Å². The highest BCUT2D eigenvalue weighted by Gasteiger charge is 2.20. The van der Waals surface area contributed by atoms with Gasteiger partial charge < -0.3 is 0 Å². The number of hydrogen-bond donors (Lipinski definition) is 0. The second-order valence-corrected chi connectivity index (χ2v) is 4.16. The molecule has 0 aliphatic heterocycles. The third-order valence-electron chi connectivity index (χ3n) is 2.52. The Morgan fingerprint density at radius 2 is 2.15 bits per heavy atom. The number of rotatable bonds is 4. The zero-order chi connectivity index (χ0) is 14.7. The maximum Gasteiger partial charge on any atom is 0.305 e. The van der Waals surface area contributed by atoms with Gasteiger partial charge in [0.2, 0.25) is 11.1 Å². The normalized spacial score (nSPS) is 10.3. The molecule has 20 heavy (non-hydrogen) atoms. The molecule has 2 aromatic rings. The molecule has 0 bridgehead atoms. The van der Waals surface area contributed by atoms with Gasteiger partial charge in [-0.3, -0.25) is 14.9 Å². The highest BCUT2D eigenvalue weighted by atomic mass is 35.5. The smallest absolute Gasteiger partial charge is 0.292 e. The summed E-state index contributed by atoms with van der Waals surface area (Å²) in [5, 5.41) is 10.5. The molecule has 0 fully saturated rings. The van der Waals surface area contributed by atoms with Crippen LogP contribution >= 0.6 is 11.6 Å². The van der Waals surface area contributed by atoms with E-state index in [0.29, 0.717) is 0 Å². The first kappa shape index (κ1) is 14.0. The molecular weight excluding hydrogens is 289 g/mol. The molecule has 0 N–H and O–H groups in total. The number of benzene rings is 1. The molecular formula is C12H7ClFN3O3. The fraction of sp³-hybridized carbons (Fsp3) is 0.0833. The van der Waals surface area contributed by atoms with Crippen LogP contribution in [0.2, 0.25) is 5.28 Å². The van der Waals surface area contributed by atoms with Crippen molar-refractivity contribution in [1.82, 2.24) is 9.97 Å². The summed E-state index contributed by atoms with van der Waals surface area (Å²) >= 11 is 5.55. The van der Waals surface area contributed by atoms with Gasteiger partial charge in [-0.25, -0.2) is 9.97 Å². The maximum atomic E-state index is 13.8. The Morgan fingerprint density at radius 3 is 2.80 bits per heavy atom. The summed E-state index contributed by atoms with van der Waals surface area (Å²) in [6, 6.07) is 4.99. The molecule has 0 aliphatic rings. The quantitative estimate of drug-likeness (QED) is 0.374. The van der Waals surface area contributed by atoms with E-state index in [4.69, 9.17) is 11.6 Å². The number of nitrogens with zero attached hydrogens (tertiary/aromatic N) is 3. The minimum absolute atomic E-state index is 0.0240. The molecule has 0 unspecified atom stereocenters. The number of ketones is 1. The third-order valence-corrected chi connectivity index (χ3v) is 2.70. The van der Waals surface area contributed by atoms with E-state index in [9.17, 15) is 19.3 Å². The molecule has 1 aromatic carbocycles. The van der Waals surface area contributed by atoms with Gasteiger partial charge in [-0.1, -0.05) is 12.1 Å². The van der Waals surface area contributed by atoms with Gasteiger partial charge in [0.1, 0.15) is 5.69 Å². The van der Waals surface area contributed by atoms with E-state index in [1.807, 2.05) is 0 Å². The van der Waals surface area contributed by atoms with Crippen LogP contribution in [0.5, 0.6) is 0 Å². The van der Waals surface area contributed by atoms with Crippen LogP contribution in [0.4, 0.5) is 10.1 Å². The molecule has 0 saturated heterocycles. The maximum absolute atomic E-state index is 13.8. The number of carbonyl (C=O) groups is 1. The average Bonchev–Trinajstić information content (AvgIpc) is 2.40. The second kappa shape index (κ2) is 5.70. The largest absolute Gasteiger partial charge is 0.305 e. The van der Waals surface area contributed by atoms with Crippen LogP contribution in [0.15, 0.2) is 30.5 Å². The Kier molecular flexibility index (Phi) is 3.99. The SMILES string of the molecule is O=C(Cc1cccc([N+](=O)[O-])c1F)c1ccnc(Cl)n1. The summed E-state index contributed by atoms with van der Waals surface area (Å²) < 4.78 is 13.8. The number of nitro groups is 1. The van der Waals surface area contributed by atoms with E-state index in [2.05, 4.69) is 9.97 Å². The van der Waals surface area contributed by atoms with Gasteiger partial charge in [-0.05, 0) is 17.7 Å². The van der Waals surface area contributed by atoms with Crippen molar-refractivity contribution in [3.63, 3.8) is 0 Å². The molecule has 0 spiro atoms. The highest BCUT2D eigenvalue weighted by Crippen LogP contribution is 2.21. The lowest BCUT2D eigenvalue weighted by atomic mass is 10.1. The summed E-state index contributed by atoms with van der Waals surface area (Å²) in [7, 11) is 0. The molecule has 6 nitrogen and oxygen atoms in total. The fourth-order valence-electron chi connectivity index (χ4n) is 1.60. The first-order chi connectivity index (χ1) is 9.49. The zero-order valence-electron chi connectivity index (χ0n) is 9.92. The molecule has 102 valence electrons. The predicted octanol–water partition coefficient (Wildman–Crippen LogP) is 2.60. The minimum atomic E-state index is -1.02. The van der Waals surface area contributed by atoms with Gasteiger partial charge in [0.15, 0.2) is 5.78 Å². The lowest BCUT2D eigenvalue weighted by Gasteiger charge is -2.03. The summed E-state index contributed by atoms with van der Waals surface area (Å²) in [5.74, 6) is -1.53. The van der Waals surface area contributed by atoms with Gasteiger partial charge in [0, 0.05) is 24.2 Å². The van der Waals surface area contributed by atoms with Crippen LogP contribution in [0, 0.1) is 15.9 Å². The number of hydrogen-bond acceptors (Lipinski definition) is 5. The summed E-state index contributed by atoms with van der Waals surface area (Å²) in [6.45, 7) is 0. The van der Waals surface area contributed by atoms with E-state index in [1.165, 1.54) is 24.4 Å². The van der Waals surface area contributed by atoms with Gasteiger partial charge in [-0.2, -0.15) is 4.39 Å². The molecule has 8 heteroatoms. The van der Waals surface area contributed by atoms with Crippen molar-refractivity contribution in [2.45, 2.75) is 6.42 Å². The van der Waals surface area contributed by atoms with Crippen LogP contribution < -0.4 is 0 Å². The van der Waals surface area contributed by atoms with E-state index < -0.39 is 22.2 Å². The van der Waals surface area contributed by atoms with E-state index in [-0.39, 0.29) is 23.0 Å². The molecule has 1 aromatic heterocycles. The molecule has 0 amide bonds. The number of nitro benzene ring substituents is 1. The molecule has 0 radical (unpaired) electrons. The summed E-state index contributed by atoms with van der Waals surface area (Å²) in [5.41, 5.74) is -0.717. The third kappa shape index (κ3) is 2.94.